The first-order valence-electron chi connectivity index (χ1n) is 4.79. The first kappa shape index (κ1) is 11.7. The van der Waals surface area contributed by atoms with E-state index in [0.29, 0.717) is 10.8 Å². The second kappa shape index (κ2) is 4.58. The Kier molecular flexibility index (Phi) is 3.34. The molecule has 0 spiro atoms. The Hall–Kier alpha value is -0.820. The van der Waals surface area contributed by atoms with Crippen LogP contribution in [0.1, 0.15) is 12.6 Å². The lowest BCUT2D eigenvalue weighted by Gasteiger charge is -2.07. The normalized spacial score (nSPS) is 10.7. The van der Waals surface area contributed by atoms with Gasteiger partial charge in [0.15, 0.2) is 5.82 Å². The first-order valence-corrected chi connectivity index (χ1v) is 6.24. The minimum Gasteiger partial charge on any atom is -0.381 e. The molecule has 0 aliphatic heterocycles. The van der Waals surface area contributed by atoms with Crippen LogP contribution in [0.5, 0.6) is 0 Å². The van der Waals surface area contributed by atoms with E-state index in [-0.39, 0.29) is 0 Å². The van der Waals surface area contributed by atoms with Crippen LogP contribution < -0.4 is 5.73 Å². The summed E-state index contributed by atoms with van der Waals surface area (Å²) >= 11 is 8.38. The lowest BCUT2D eigenvalue weighted by molar-refractivity contribution is 0.767. The van der Waals surface area contributed by atoms with E-state index in [0.717, 1.165) is 21.4 Å². The third-order valence-electron chi connectivity index (χ3n) is 2.27. The van der Waals surface area contributed by atoms with Crippen molar-refractivity contribution < 1.29 is 0 Å². The molecule has 4 nitrogen and oxygen atoms in total. The molecule has 2 rings (SSSR count). The van der Waals surface area contributed by atoms with E-state index in [2.05, 4.69) is 32.9 Å². The molecule has 0 radical (unpaired) electrons. The molecule has 1 heterocycles. The molecule has 0 saturated carbocycles. The largest absolute Gasteiger partial charge is 0.381 e. The van der Waals surface area contributed by atoms with E-state index in [4.69, 9.17) is 17.3 Å². The van der Waals surface area contributed by atoms with E-state index in [1.807, 2.05) is 25.1 Å². The molecule has 0 saturated heterocycles. The van der Waals surface area contributed by atoms with Gasteiger partial charge in [0, 0.05) is 3.57 Å². The minimum atomic E-state index is 0.456. The summed E-state index contributed by atoms with van der Waals surface area (Å²) in [4.78, 5) is 0. The van der Waals surface area contributed by atoms with E-state index in [1.54, 1.807) is 4.68 Å². The predicted molar refractivity (Wildman–Crippen MR) is 72.9 cm³/mol. The van der Waals surface area contributed by atoms with Crippen molar-refractivity contribution in [2.75, 3.05) is 5.73 Å². The van der Waals surface area contributed by atoms with Gasteiger partial charge in [0.1, 0.15) is 0 Å². The summed E-state index contributed by atoms with van der Waals surface area (Å²) < 4.78 is 2.77. The molecule has 1 aromatic heterocycles. The van der Waals surface area contributed by atoms with E-state index < -0.39 is 0 Å². The minimum absolute atomic E-state index is 0.456. The van der Waals surface area contributed by atoms with Crippen LogP contribution in [0.3, 0.4) is 0 Å². The van der Waals surface area contributed by atoms with Crippen LogP contribution in [-0.4, -0.2) is 15.0 Å². The lowest BCUT2D eigenvalue weighted by atomic mass is 10.3. The van der Waals surface area contributed by atoms with Gasteiger partial charge >= 0.3 is 0 Å². The molecule has 0 bridgehead atoms. The van der Waals surface area contributed by atoms with Crippen LogP contribution in [0, 0.1) is 3.57 Å². The zero-order chi connectivity index (χ0) is 11.7. The second-order valence-electron chi connectivity index (χ2n) is 3.28. The van der Waals surface area contributed by atoms with Gasteiger partial charge in [-0.2, -0.15) is 0 Å². The highest BCUT2D eigenvalue weighted by Gasteiger charge is 2.12. The number of nitrogens with two attached hydrogens (primary N) is 1. The third-order valence-corrected chi connectivity index (χ3v) is 3.24. The van der Waals surface area contributed by atoms with Crippen molar-refractivity contribution in [3.8, 4) is 5.69 Å². The average molecular weight is 349 g/mol. The van der Waals surface area contributed by atoms with Gasteiger partial charge < -0.3 is 5.73 Å². The highest BCUT2D eigenvalue weighted by Crippen LogP contribution is 2.24. The molecule has 2 aromatic rings. The summed E-state index contributed by atoms with van der Waals surface area (Å²) in [5, 5.41) is 8.50. The Morgan fingerprint density at radius 2 is 2.25 bits per heavy atom. The molecule has 16 heavy (non-hydrogen) atoms. The summed E-state index contributed by atoms with van der Waals surface area (Å²) in [5.74, 6) is 0.456. The molecule has 0 amide bonds. The fraction of sp³-hybridized carbons (Fsp3) is 0.200. The SMILES string of the molecule is CCc1c(N)nnn1-c1ccc(I)cc1Cl. The quantitative estimate of drug-likeness (QED) is 0.849. The fourth-order valence-corrected chi connectivity index (χ4v) is 2.43. The number of anilines is 1. The molecule has 6 heteroatoms. The van der Waals surface area contributed by atoms with Crippen molar-refractivity contribution in [1.82, 2.24) is 15.0 Å². The van der Waals surface area contributed by atoms with Crippen LogP contribution in [-0.2, 0) is 6.42 Å². The Bertz CT molecular complexity index is 524. The number of aromatic nitrogens is 3. The van der Waals surface area contributed by atoms with Crippen molar-refractivity contribution in [2.45, 2.75) is 13.3 Å². The molecular weight excluding hydrogens is 338 g/mol. The molecule has 0 fully saturated rings. The van der Waals surface area contributed by atoms with Crippen LogP contribution in [0.25, 0.3) is 5.69 Å². The number of nitrogen functional groups attached to an aromatic ring is 1. The van der Waals surface area contributed by atoms with Crippen LogP contribution in [0.2, 0.25) is 5.02 Å². The number of halogens is 2. The highest BCUT2D eigenvalue weighted by molar-refractivity contribution is 14.1. The van der Waals surface area contributed by atoms with Crippen molar-refractivity contribution in [1.29, 1.82) is 0 Å². The Balaban J connectivity index is 2.58. The van der Waals surface area contributed by atoms with Gasteiger partial charge in [0.25, 0.3) is 0 Å². The molecule has 0 atom stereocenters. The van der Waals surface area contributed by atoms with Crippen LogP contribution in [0.15, 0.2) is 18.2 Å². The fourth-order valence-electron chi connectivity index (χ4n) is 1.49. The Morgan fingerprint density at radius 1 is 1.50 bits per heavy atom. The maximum Gasteiger partial charge on any atom is 0.169 e. The molecular formula is C10H10ClIN4. The zero-order valence-electron chi connectivity index (χ0n) is 8.61. The van der Waals surface area contributed by atoms with Crippen molar-refractivity contribution >= 4 is 40.0 Å². The number of hydrogen-bond donors (Lipinski definition) is 1. The molecule has 0 unspecified atom stereocenters. The average Bonchev–Trinajstić information content (AvgIpc) is 2.59. The molecule has 1 aromatic carbocycles. The first-order chi connectivity index (χ1) is 7.63. The molecule has 0 aliphatic carbocycles. The van der Waals surface area contributed by atoms with E-state index >= 15 is 0 Å². The maximum atomic E-state index is 6.17. The van der Waals surface area contributed by atoms with Gasteiger partial charge in [-0.15, -0.1) is 5.10 Å². The second-order valence-corrected chi connectivity index (χ2v) is 4.94. The van der Waals surface area contributed by atoms with Crippen LogP contribution in [0.4, 0.5) is 5.82 Å². The molecule has 84 valence electrons. The van der Waals surface area contributed by atoms with Gasteiger partial charge in [-0.05, 0) is 47.2 Å². The van der Waals surface area contributed by atoms with Gasteiger partial charge in [-0.25, -0.2) is 4.68 Å². The van der Waals surface area contributed by atoms with Gasteiger partial charge in [-0.3, -0.25) is 0 Å². The topological polar surface area (TPSA) is 56.7 Å². The van der Waals surface area contributed by atoms with E-state index in [1.165, 1.54) is 0 Å². The predicted octanol–water partition coefficient (Wildman–Crippen LogP) is 2.67. The van der Waals surface area contributed by atoms with Gasteiger partial charge in [0.2, 0.25) is 0 Å². The van der Waals surface area contributed by atoms with Crippen LogP contribution >= 0.6 is 34.2 Å². The number of hydrogen-bond acceptors (Lipinski definition) is 3. The van der Waals surface area contributed by atoms with Gasteiger partial charge in [0.05, 0.1) is 16.4 Å². The highest BCUT2D eigenvalue weighted by atomic mass is 127. The Labute approximate surface area is 112 Å². The summed E-state index contributed by atoms with van der Waals surface area (Å²) in [7, 11) is 0. The smallest absolute Gasteiger partial charge is 0.169 e. The zero-order valence-corrected chi connectivity index (χ0v) is 11.5. The van der Waals surface area contributed by atoms with Gasteiger partial charge in [-0.1, -0.05) is 23.7 Å². The van der Waals surface area contributed by atoms with Crippen molar-refractivity contribution in [2.24, 2.45) is 0 Å². The number of nitrogens with zero attached hydrogens (tertiary/aromatic N) is 3. The monoisotopic (exact) mass is 348 g/mol. The lowest BCUT2D eigenvalue weighted by Crippen LogP contribution is -2.03. The van der Waals surface area contributed by atoms with Crippen molar-refractivity contribution in [3.05, 3.63) is 32.5 Å². The summed E-state index contributed by atoms with van der Waals surface area (Å²) in [6.45, 7) is 2.01. The number of benzene rings is 1. The summed E-state index contributed by atoms with van der Waals surface area (Å²) in [6, 6.07) is 5.77. The molecule has 0 aliphatic rings. The maximum absolute atomic E-state index is 6.17. The Morgan fingerprint density at radius 3 is 2.88 bits per heavy atom. The number of rotatable bonds is 2. The van der Waals surface area contributed by atoms with E-state index in [9.17, 15) is 0 Å². The summed E-state index contributed by atoms with van der Waals surface area (Å²) in [6.07, 6.45) is 0.765. The van der Waals surface area contributed by atoms with Crippen molar-refractivity contribution in [3.63, 3.8) is 0 Å². The third kappa shape index (κ3) is 2.01. The summed E-state index contributed by atoms with van der Waals surface area (Å²) in [5.41, 5.74) is 7.42. The standard InChI is InChI=1S/C10H10ClIN4/c1-2-8-10(13)14-15-16(8)9-4-3-6(12)5-7(9)11/h3-5H,2,13H2,1H3. The molecule has 2 N–H and O–H groups in total.